The summed E-state index contributed by atoms with van der Waals surface area (Å²) in [6.45, 7) is 0.788. The minimum atomic E-state index is -0.0124. The summed E-state index contributed by atoms with van der Waals surface area (Å²) in [5.41, 5.74) is 2.80. The van der Waals surface area contributed by atoms with E-state index in [9.17, 15) is 0 Å². The Morgan fingerprint density at radius 2 is 2.40 bits per heavy atom. The van der Waals surface area contributed by atoms with Crippen LogP contribution in [0.4, 0.5) is 0 Å². The van der Waals surface area contributed by atoms with Gasteiger partial charge in [0.1, 0.15) is 11.8 Å². The SMILES string of the molecule is NNC(C1=CCCCO1)c1ccc(Br)s1. The molecule has 5 heteroatoms. The van der Waals surface area contributed by atoms with Gasteiger partial charge >= 0.3 is 0 Å². The van der Waals surface area contributed by atoms with Crippen molar-refractivity contribution in [3.8, 4) is 0 Å². The zero-order chi connectivity index (χ0) is 10.7. The van der Waals surface area contributed by atoms with Crippen LogP contribution in [0.15, 0.2) is 27.8 Å². The maximum Gasteiger partial charge on any atom is 0.116 e. The smallest absolute Gasteiger partial charge is 0.116 e. The van der Waals surface area contributed by atoms with Gasteiger partial charge < -0.3 is 4.74 Å². The van der Waals surface area contributed by atoms with Crippen molar-refractivity contribution in [1.29, 1.82) is 0 Å². The number of hydrazine groups is 1. The van der Waals surface area contributed by atoms with Crippen molar-refractivity contribution in [3.63, 3.8) is 0 Å². The Morgan fingerprint density at radius 1 is 1.53 bits per heavy atom. The molecule has 2 heterocycles. The Morgan fingerprint density at radius 3 is 2.93 bits per heavy atom. The van der Waals surface area contributed by atoms with Gasteiger partial charge in [-0.25, -0.2) is 5.43 Å². The van der Waals surface area contributed by atoms with E-state index < -0.39 is 0 Å². The molecule has 0 bridgehead atoms. The minimum absolute atomic E-state index is 0.0124. The summed E-state index contributed by atoms with van der Waals surface area (Å²) in [7, 11) is 0. The molecule has 0 saturated heterocycles. The number of nitrogens with two attached hydrogens (primary N) is 1. The third kappa shape index (κ3) is 2.60. The molecule has 0 saturated carbocycles. The van der Waals surface area contributed by atoms with Crippen molar-refractivity contribution in [3.05, 3.63) is 32.6 Å². The molecule has 15 heavy (non-hydrogen) atoms. The van der Waals surface area contributed by atoms with E-state index >= 15 is 0 Å². The molecule has 1 aliphatic rings. The number of ether oxygens (including phenoxy) is 1. The molecule has 3 N–H and O–H groups in total. The van der Waals surface area contributed by atoms with E-state index in [1.165, 1.54) is 0 Å². The third-order valence-corrected chi connectivity index (χ3v) is 3.98. The van der Waals surface area contributed by atoms with Crippen LogP contribution in [-0.2, 0) is 4.74 Å². The molecule has 1 atom stereocenters. The quantitative estimate of drug-likeness (QED) is 0.664. The van der Waals surface area contributed by atoms with Crippen LogP contribution in [0.2, 0.25) is 0 Å². The predicted octanol–water partition coefficient (Wildman–Crippen LogP) is 2.71. The molecular formula is C10H13BrN2OS. The van der Waals surface area contributed by atoms with Crippen molar-refractivity contribution in [2.45, 2.75) is 18.9 Å². The summed E-state index contributed by atoms with van der Waals surface area (Å²) in [5, 5.41) is 0. The van der Waals surface area contributed by atoms with Crippen LogP contribution < -0.4 is 11.3 Å². The zero-order valence-corrected chi connectivity index (χ0v) is 10.6. The van der Waals surface area contributed by atoms with Crippen LogP contribution in [-0.4, -0.2) is 6.61 Å². The van der Waals surface area contributed by atoms with Crippen LogP contribution in [0, 0.1) is 0 Å². The molecule has 1 unspecified atom stereocenters. The first-order chi connectivity index (χ1) is 7.31. The molecular weight excluding hydrogens is 276 g/mol. The van der Waals surface area contributed by atoms with Crippen molar-refractivity contribution in [2.24, 2.45) is 5.84 Å². The van der Waals surface area contributed by atoms with Crippen molar-refractivity contribution in [2.75, 3.05) is 6.61 Å². The molecule has 0 amide bonds. The molecule has 0 radical (unpaired) electrons. The topological polar surface area (TPSA) is 47.3 Å². The number of hydrogen-bond donors (Lipinski definition) is 2. The summed E-state index contributed by atoms with van der Waals surface area (Å²) in [5.74, 6) is 6.51. The van der Waals surface area contributed by atoms with Crippen molar-refractivity contribution >= 4 is 27.3 Å². The Kier molecular flexibility index (Phi) is 3.80. The van der Waals surface area contributed by atoms with E-state index in [1.807, 2.05) is 6.07 Å². The average Bonchev–Trinajstić information content (AvgIpc) is 2.68. The highest BCUT2D eigenvalue weighted by atomic mass is 79.9. The van der Waals surface area contributed by atoms with Gasteiger partial charge in [0.2, 0.25) is 0 Å². The number of halogens is 1. The number of nitrogens with one attached hydrogen (secondary N) is 1. The second-order valence-corrected chi connectivity index (χ2v) is 5.83. The Labute approximate surface area is 101 Å². The maximum atomic E-state index is 5.60. The van der Waals surface area contributed by atoms with Crippen LogP contribution >= 0.6 is 27.3 Å². The van der Waals surface area contributed by atoms with Crippen LogP contribution in [0.1, 0.15) is 23.8 Å². The molecule has 0 aliphatic carbocycles. The first-order valence-electron chi connectivity index (χ1n) is 4.85. The fourth-order valence-corrected chi connectivity index (χ4v) is 3.06. The highest BCUT2D eigenvalue weighted by Gasteiger charge is 2.19. The lowest BCUT2D eigenvalue weighted by Crippen LogP contribution is -2.30. The van der Waals surface area contributed by atoms with E-state index in [2.05, 4.69) is 33.5 Å². The number of hydrogen-bond acceptors (Lipinski definition) is 4. The third-order valence-electron chi connectivity index (χ3n) is 2.29. The second-order valence-electron chi connectivity index (χ2n) is 3.34. The van der Waals surface area contributed by atoms with Crippen LogP contribution in [0.5, 0.6) is 0 Å². The molecule has 1 aliphatic heterocycles. The van der Waals surface area contributed by atoms with Crippen molar-refractivity contribution < 1.29 is 4.74 Å². The fraction of sp³-hybridized carbons (Fsp3) is 0.400. The molecule has 1 aromatic heterocycles. The summed E-state index contributed by atoms with van der Waals surface area (Å²) >= 11 is 5.11. The zero-order valence-electron chi connectivity index (χ0n) is 8.20. The minimum Gasteiger partial charge on any atom is -0.496 e. The summed E-state index contributed by atoms with van der Waals surface area (Å²) < 4.78 is 6.71. The molecule has 82 valence electrons. The van der Waals surface area contributed by atoms with Crippen molar-refractivity contribution in [1.82, 2.24) is 5.43 Å². The molecule has 0 spiro atoms. The second kappa shape index (κ2) is 5.12. The van der Waals surface area contributed by atoms with E-state index in [4.69, 9.17) is 10.6 Å². The monoisotopic (exact) mass is 288 g/mol. The van der Waals surface area contributed by atoms with Gasteiger partial charge in [0.15, 0.2) is 0 Å². The van der Waals surface area contributed by atoms with Gasteiger partial charge in [-0.1, -0.05) is 0 Å². The average molecular weight is 289 g/mol. The first-order valence-corrected chi connectivity index (χ1v) is 6.46. The highest BCUT2D eigenvalue weighted by Crippen LogP contribution is 2.32. The lowest BCUT2D eigenvalue weighted by Gasteiger charge is -2.22. The van der Waals surface area contributed by atoms with Crippen LogP contribution in [0.3, 0.4) is 0 Å². The summed E-state index contributed by atoms with van der Waals surface area (Å²) in [6.07, 6.45) is 4.27. The van der Waals surface area contributed by atoms with E-state index in [1.54, 1.807) is 11.3 Å². The first kappa shape index (κ1) is 11.1. The highest BCUT2D eigenvalue weighted by molar-refractivity contribution is 9.11. The van der Waals surface area contributed by atoms with Gasteiger partial charge in [-0.3, -0.25) is 5.84 Å². The normalized spacial score (nSPS) is 18.1. The Balaban J connectivity index is 2.19. The standard InChI is InChI=1S/C10H13BrN2OS/c11-9-5-4-8(15-9)10(13-12)7-3-1-2-6-14-7/h3-5,10,13H,1-2,6,12H2. The van der Waals surface area contributed by atoms with Gasteiger partial charge in [0, 0.05) is 4.88 Å². The van der Waals surface area contributed by atoms with E-state index in [0.29, 0.717) is 0 Å². The molecule has 0 fully saturated rings. The summed E-state index contributed by atoms with van der Waals surface area (Å²) in [4.78, 5) is 1.16. The molecule has 3 nitrogen and oxygen atoms in total. The summed E-state index contributed by atoms with van der Waals surface area (Å²) in [6, 6.07) is 4.06. The molecule has 0 aromatic carbocycles. The Bertz CT molecular complexity index is 364. The number of allylic oxidation sites excluding steroid dienone is 1. The van der Waals surface area contributed by atoms with Gasteiger partial charge in [0.05, 0.1) is 10.4 Å². The molecule has 1 aromatic rings. The van der Waals surface area contributed by atoms with Gasteiger partial charge in [-0.05, 0) is 47.0 Å². The number of thiophene rings is 1. The lowest BCUT2D eigenvalue weighted by atomic mass is 10.1. The lowest BCUT2D eigenvalue weighted by molar-refractivity contribution is 0.168. The Hall–Kier alpha value is -0.360. The van der Waals surface area contributed by atoms with E-state index in [0.717, 1.165) is 33.9 Å². The van der Waals surface area contributed by atoms with Gasteiger partial charge in [0.25, 0.3) is 0 Å². The predicted molar refractivity (Wildman–Crippen MR) is 65.4 cm³/mol. The van der Waals surface area contributed by atoms with Gasteiger partial charge in [-0.15, -0.1) is 11.3 Å². The fourth-order valence-electron chi connectivity index (χ4n) is 1.57. The maximum absolute atomic E-state index is 5.60. The largest absolute Gasteiger partial charge is 0.496 e. The molecule has 2 rings (SSSR count). The van der Waals surface area contributed by atoms with E-state index in [-0.39, 0.29) is 6.04 Å². The van der Waals surface area contributed by atoms with Gasteiger partial charge in [-0.2, -0.15) is 0 Å². The van der Waals surface area contributed by atoms with Crippen LogP contribution in [0.25, 0.3) is 0 Å². The number of rotatable bonds is 3.